The second-order valence-electron chi connectivity index (χ2n) is 17.9. The number of rotatable bonds is 37. The molecule has 0 spiro atoms. The first-order valence-electron chi connectivity index (χ1n) is 26.0. The van der Waals surface area contributed by atoms with Gasteiger partial charge in [0.2, 0.25) is 0 Å². The summed E-state index contributed by atoms with van der Waals surface area (Å²) in [5.41, 5.74) is 9.85. The van der Waals surface area contributed by atoms with Crippen molar-refractivity contribution in [3.8, 4) is 11.8 Å². The molecule has 0 saturated carbocycles. The number of aliphatic imine (C=N–C) groups is 2. The van der Waals surface area contributed by atoms with Gasteiger partial charge in [-0.1, -0.05) is 233 Å². The van der Waals surface area contributed by atoms with Crippen molar-refractivity contribution in [3.63, 3.8) is 0 Å². The summed E-state index contributed by atoms with van der Waals surface area (Å²) < 4.78 is 0. The first-order chi connectivity index (χ1) is 29.1. The Balaban J connectivity index is 0.0000180. The largest absolute Gasteiger partial charge is 0.251 e. The molecule has 0 aromatic heterocycles. The zero-order valence-electron chi connectivity index (χ0n) is 40.4. The Morgan fingerprint density at radius 3 is 1.13 bits per heavy atom. The third kappa shape index (κ3) is 27.0. The van der Waals surface area contributed by atoms with E-state index in [-0.39, 0.29) is 16.5 Å². The molecule has 3 heteroatoms. The van der Waals surface area contributed by atoms with E-state index >= 15 is 0 Å². The summed E-state index contributed by atoms with van der Waals surface area (Å²) >= 11 is 0. The van der Waals surface area contributed by atoms with Crippen molar-refractivity contribution in [2.75, 3.05) is 0 Å². The van der Waals surface area contributed by atoms with Gasteiger partial charge in [-0.3, -0.25) is 4.99 Å². The molecule has 0 aliphatic rings. The van der Waals surface area contributed by atoms with Crippen LogP contribution in [0.15, 0.2) is 46.4 Å². The molecule has 0 heterocycles. The van der Waals surface area contributed by atoms with Gasteiger partial charge in [0.1, 0.15) is 5.71 Å². The predicted octanol–water partition coefficient (Wildman–Crippen LogP) is 18.9. The van der Waals surface area contributed by atoms with Crippen LogP contribution in [-0.2, 0) is 42.2 Å². The third-order valence-corrected chi connectivity index (χ3v) is 12.1. The van der Waals surface area contributed by atoms with Crippen LogP contribution in [0.4, 0.5) is 11.4 Å². The maximum Gasteiger partial charge on any atom is 0.135 e. The normalized spacial score (nSPS) is 11.8. The molecule has 2 aromatic rings. The standard InChI is InChI=1S/C57H94N2.Ni/c1-7-13-15-16-17-18-19-20-21-22-23-24-25-26-27-28-29-30-31-32-33-34-35-37-43-57(59-55-47-45-51(39-10-4)53(49-55)41-12-6)56(42-36-14-8-2)58-54-46-44-50(38-9-3)52(48-54)40-11-5;/h44-49H,7-36,38-42H2,1-6H3;/b58-56+,59-57+;. The molecule has 342 valence electrons. The molecule has 0 fully saturated rings. The SMILES string of the molecule is CCCCCCCCCCCCCCCCCCCCCCCCC#CC(=N\c1ccc(CCC)c(CCC)c1)/C(CCCCC)=N/c1ccc(CCC)c(CCC)c1.[Ni]. The predicted molar refractivity (Wildman–Crippen MR) is 267 cm³/mol. The summed E-state index contributed by atoms with van der Waals surface area (Å²) in [6.07, 6.45) is 45.6. The number of aryl methyl sites for hydroxylation is 4. The van der Waals surface area contributed by atoms with Crippen LogP contribution >= 0.6 is 0 Å². The van der Waals surface area contributed by atoms with Crippen molar-refractivity contribution < 1.29 is 16.5 Å². The minimum Gasteiger partial charge on any atom is -0.251 e. The zero-order valence-corrected chi connectivity index (χ0v) is 41.4. The average molecular weight is 866 g/mol. The van der Waals surface area contributed by atoms with Crippen LogP contribution in [-0.4, -0.2) is 11.4 Å². The molecule has 0 unspecified atom stereocenters. The number of benzene rings is 2. The van der Waals surface area contributed by atoms with E-state index in [2.05, 4.69) is 89.8 Å². The molecular formula is C57H94N2Ni. The molecule has 0 aliphatic heterocycles. The van der Waals surface area contributed by atoms with Crippen molar-refractivity contribution in [1.82, 2.24) is 0 Å². The fourth-order valence-electron chi connectivity index (χ4n) is 8.58. The van der Waals surface area contributed by atoms with Crippen LogP contribution in [0, 0.1) is 11.8 Å². The first-order valence-corrected chi connectivity index (χ1v) is 26.0. The molecule has 2 nitrogen and oxygen atoms in total. The van der Waals surface area contributed by atoms with E-state index in [0.717, 1.165) is 80.6 Å². The second-order valence-corrected chi connectivity index (χ2v) is 17.9. The molecule has 0 aliphatic carbocycles. The van der Waals surface area contributed by atoms with Gasteiger partial charge in [0.15, 0.2) is 0 Å². The van der Waals surface area contributed by atoms with E-state index in [1.165, 1.54) is 189 Å². The Kier molecular flexibility index (Phi) is 36.9. The summed E-state index contributed by atoms with van der Waals surface area (Å²) in [4.78, 5) is 10.7. The van der Waals surface area contributed by atoms with Gasteiger partial charge in [-0.2, -0.15) is 0 Å². The molecule has 0 atom stereocenters. The Labute approximate surface area is 384 Å². The van der Waals surface area contributed by atoms with Gasteiger partial charge < -0.3 is 0 Å². The fourth-order valence-corrected chi connectivity index (χ4v) is 8.58. The van der Waals surface area contributed by atoms with Gasteiger partial charge in [0, 0.05) is 22.9 Å². The molecule has 2 aromatic carbocycles. The van der Waals surface area contributed by atoms with Crippen LogP contribution in [0.5, 0.6) is 0 Å². The zero-order chi connectivity index (χ0) is 42.4. The number of hydrogen-bond acceptors (Lipinski definition) is 2. The van der Waals surface area contributed by atoms with Gasteiger partial charge in [0.05, 0.1) is 17.1 Å². The van der Waals surface area contributed by atoms with Crippen molar-refractivity contribution in [1.29, 1.82) is 0 Å². The van der Waals surface area contributed by atoms with E-state index in [1.54, 1.807) is 0 Å². The Bertz CT molecular complexity index is 1440. The van der Waals surface area contributed by atoms with E-state index in [0.29, 0.717) is 0 Å². The van der Waals surface area contributed by atoms with Crippen molar-refractivity contribution in [2.24, 2.45) is 9.98 Å². The number of unbranched alkanes of at least 4 members (excludes halogenated alkanes) is 24. The topological polar surface area (TPSA) is 24.7 Å². The molecule has 60 heavy (non-hydrogen) atoms. The molecule has 0 N–H and O–H groups in total. The molecule has 0 bridgehead atoms. The van der Waals surface area contributed by atoms with Gasteiger partial charge in [-0.25, -0.2) is 4.99 Å². The summed E-state index contributed by atoms with van der Waals surface area (Å²) in [6.45, 7) is 13.7. The van der Waals surface area contributed by atoms with Crippen molar-refractivity contribution in [2.45, 2.75) is 266 Å². The molecule has 0 saturated heterocycles. The minimum absolute atomic E-state index is 0. The summed E-state index contributed by atoms with van der Waals surface area (Å²) in [6, 6.07) is 13.8. The quantitative estimate of drug-likeness (QED) is 0.0280. The Morgan fingerprint density at radius 1 is 0.383 bits per heavy atom. The van der Waals surface area contributed by atoms with Crippen LogP contribution < -0.4 is 0 Å². The first kappa shape index (κ1) is 55.9. The van der Waals surface area contributed by atoms with Crippen molar-refractivity contribution >= 4 is 22.8 Å². The summed E-state index contributed by atoms with van der Waals surface area (Å²) in [5, 5.41) is 0. The minimum atomic E-state index is 0. The maximum atomic E-state index is 5.37. The number of nitrogens with zero attached hydrogens (tertiary/aromatic N) is 2. The molecule has 2 rings (SSSR count). The van der Waals surface area contributed by atoms with Crippen LogP contribution in [0.2, 0.25) is 0 Å². The summed E-state index contributed by atoms with van der Waals surface area (Å²) in [7, 11) is 0. The fraction of sp³-hybridized carbons (Fsp3) is 0.719. The molecular weight excluding hydrogens is 771 g/mol. The maximum absolute atomic E-state index is 5.37. The van der Waals surface area contributed by atoms with Crippen molar-refractivity contribution in [3.05, 3.63) is 58.7 Å². The number of hydrogen-bond donors (Lipinski definition) is 0. The van der Waals surface area contributed by atoms with E-state index in [4.69, 9.17) is 9.98 Å². The second kappa shape index (κ2) is 39.7. The van der Waals surface area contributed by atoms with Gasteiger partial charge in [-0.15, -0.1) is 0 Å². The average Bonchev–Trinajstić information content (AvgIpc) is 3.23. The van der Waals surface area contributed by atoms with E-state index in [1.807, 2.05) is 0 Å². The monoisotopic (exact) mass is 865 g/mol. The van der Waals surface area contributed by atoms with Crippen LogP contribution in [0.3, 0.4) is 0 Å². The smallest absolute Gasteiger partial charge is 0.135 e. The molecule has 0 radical (unpaired) electrons. The van der Waals surface area contributed by atoms with Crippen LogP contribution in [0.25, 0.3) is 0 Å². The Hall–Kier alpha value is -2.17. The Morgan fingerprint density at radius 2 is 0.733 bits per heavy atom. The van der Waals surface area contributed by atoms with Crippen LogP contribution in [0.1, 0.15) is 263 Å². The molecule has 0 amide bonds. The van der Waals surface area contributed by atoms with Gasteiger partial charge in [-0.05, 0) is 97.4 Å². The third-order valence-electron chi connectivity index (χ3n) is 12.1. The van der Waals surface area contributed by atoms with E-state index in [9.17, 15) is 0 Å². The summed E-state index contributed by atoms with van der Waals surface area (Å²) in [5.74, 6) is 7.20. The van der Waals surface area contributed by atoms with Gasteiger partial charge in [0.25, 0.3) is 0 Å². The van der Waals surface area contributed by atoms with E-state index < -0.39 is 0 Å². The van der Waals surface area contributed by atoms with Gasteiger partial charge >= 0.3 is 0 Å².